The molecule has 0 heterocycles. The summed E-state index contributed by atoms with van der Waals surface area (Å²) in [6.45, 7) is 4.23. The van der Waals surface area contributed by atoms with Gasteiger partial charge in [0.15, 0.2) is 0 Å². The van der Waals surface area contributed by atoms with E-state index in [2.05, 4.69) is 11.1 Å². The number of hydrogen-bond donors (Lipinski definition) is 0. The SMILES string of the molecule is CCCCCCCCCCCCCOS(=O)(=O)OCC. The van der Waals surface area contributed by atoms with Gasteiger partial charge in [-0.3, -0.25) is 0 Å². The van der Waals surface area contributed by atoms with Crippen LogP contribution in [0.1, 0.15) is 84.5 Å². The average Bonchev–Trinajstić information content (AvgIpc) is 2.40. The fourth-order valence-corrected chi connectivity index (χ4v) is 2.78. The lowest BCUT2D eigenvalue weighted by atomic mass is 10.1. The van der Waals surface area contributed by atoms with E-state index in [9.17, 15) is 8.42 Å². The van der Waals surface area contributed by atoms with Crippen molar-refractivity contribution in [2.75, 3.05) is 13.2 Å². The Morgan fingerprint density at radius 3 is 1.55 bits per heavy atom. The zero-order valence-electron chi connectivity index (χ0n) is 13.2. The van der Waals surface area contributed by atoms with Crippen LogP contribution < -0.4 is 0 Å². The molecular weight excluding hydrogens is 276 g/mol. The summed E-state index contributed by atoms with van der Waals surface area (Å²) >= 11 is 0. The summed E-state index contributed by atoms with van der Waals surface area (Å²) in [4.78, 5) is 0. The van der Waals surface area contributed by atoms with Crippen molar-refractivity contribution in [1.29, 1.82) is 0 Å². The predicted octanol–water partition coefficient (Wildman–Crippen LogP) is 4.60. The number of unbranched alkanes of at least 4 members (excludes halogenated alkanes) is 10. The van der Waals surface area contributed by atoms with Crippen molar-refractivity contribution >= 4 is 10.4 Å². The summed E-state index contributed by atoms with van der Waals surface area (Å²) in [6.07, 6.45) is 13.6. The molecule has 4 nitrogen and oxygen atoms in total. The molecule has 0 spiro atoms. The molecule has 0 aromatic rings. The molecule has 0 rings (SSSR count). The van der Waals surface area contributed by atoms with Crippen LogP contribution in [0, 0.1) is 0 Å². The molecule has 0 aliphatic heterocycles. The van der Waals surface area contributed by atoms with Crippen molar-refractivity contribution in [3.8, 4) is 0 Å². The van der Waals surface area contributed by atoms with Gasteiger partial charge < -0.3 is 0 Å². The smallest absolute Gasteiger partial charge is 0.248 e. The third-order valence-electron chi connectivity index (χ3n) is 3.24. The van der Waals surface area contributed by atoms with Gasteiger partial charge >= 0.3 is 10.4 Å². The van der Waals surface area contributed by atoms with Crippen LogP contribution in [-0.2, 0) is 18.8 Å². The van der Waals surface area contributed by atoms with Crippen molar-refractivity contribution in [2.24, 2.45) is 0 Å². The highest BCUT2D eigenvalue weighted by Crippen LogP contribution is 2.11. The van der Waals surface area contributed by atoms with E-state index in [1.165, 1.54) is 51.4 Å². The first kappa shape index (κ1) is 19.9. The second kappa shape index (κ2) is 13.8. The van der Waals surface area contributed by atoms with Crippen molar-refractivity contribution in [3.05, 3.63) is 0 Å². The highest BCUT2D eigenvalue weighted by Gasteiger charge is 2.09. The molecule has 20 heavy (non-hydrogen) atoms. The summed E-state index contributed by atoms with van der Waals surface area (Å²) in [5.41, 5.74) is 0. The normalized spacial score (nSPS) is 11.9. The maximum Gasteiger partial charge on any atom is 0.399 e. The van der Waals surface area contributed by atoms with Gasteiger partial charge in [0, 0.05) is 0 Å². The second-order valence-electron chi connectivity index (χ2n) is 5.17. The minimum atomic E-state index is -3.74. The van der Waals surface area contributed by atoms with Gasteiger partial charge in [-0.2, -0.15) is 8.42 Å². The molecule has 0 aromatic carbocycles. The molecule has 0 N–H and O–H groups in total. The second-order valence-corrected chi connectivity index (χ2v) is 6.46. The maximum atomic E-state index is 11.1. The summed E-state index contributed by atoms with van der Waals surface area (Å²) in [7, 11) is -3.74. The van der Waals surface area contributed by atoms with Crippen molar-refractivity contribution in [1.82, 2.24) is 0 Å². The highest BCUT2D eigenvalue weighted by atomic mass is 32.3. The summed E-state index contributed by atoms with van der Waals surface area (Å²) in [5.74, 6) is 0. The van der Waals surface area contributed by atoms with Crippen LogP contribution in [-0.4, -0.2) is 21.6 Å². The Hall–Kier alpha value is -0.130. The van der Waals surface area contributed by atoms with E-state index in [4.69, 9.17) is 4.18 Å². The third kappa shape index (κ3) is 14.3. The zero-order chi connectivity index (χ0) is 15.1. The fraction of sp³-hybridized carbons (Fsp3) is 1.00. The van der Waals surface area contributed by atoms with E-state index in [0.29, 0.717) is 0 Å². The van der Waals surface area contributed by atoms with Crippen LogP contribution in [0.2, 0.25) is 0 Å². The van der Waals surface area contributed by atoms with Gasteiger partial charge in [-0.1, -0.05) is 71.1 Å². The van der Waals surface area contributed by atoms with E-state index in [-0.39, 0.29) is 13.2 Å². The molecule has 0 saturated carbocycles. The first-order valence-corrected chi connectivity index (χ1v) is 9.49. The molecule has 0 unspecified atom stereocenters. The first-order chi connectivity index (χ1) is 9.62. The van der Waals surface area contributed by atoms with E-state index in [1.807, 2.05) is 0 Å². The van der Waals surface area contributed by atoms with E-state index in [0.717, 1.165) is 19.3 Å². The summed E-state index contributed by atoms with van der Waals surface area (Å²) in [6, 6.07) is 0. The molecule has 0 aliphatic rings. The molecule has 0 bridgehead atoms. The molecule has 0 aliphatic carbocycles. The molecule has 0 radical (unpaired) electrons. The molecule has 0 amide bonds. The topological polar surface area (TPSA) is 52.6 Å². The van der Waals surface area contributed by atoms with Crippen LogP contribution >= 0.6 is 0 Å². The van der Waals surface area contributed by atoms with Gasteiger partial charge in [0.2, 0.25) is 0 Å². The van der Waals surface area contributed by atoms with Crippen LogP contribution in [0.25, 0.3) is 0 Å². The Kier molecular flexibility index (Phi) is 13.7. The van der Waals surface area contributed by atoms with Crippen LogP contribution in [0.3, 0.4) is 0 Å². The first-order valence-electron chi connectivity index (χ1n) is 8.16. The minimum Gasteiger partial charge on any atom is -0.248 e. The monoisotopic (exact) mass is 308 g/mol. The molecule has 0 aromatic heterocycles. The van der Waals surface area contributed by atoms with Gasteiger partial charge in [0.05, 0.1) is 13.2 Å². The maximum absolute atomic E-state index is 11.1. The van der Waals surface area contributed by atoms with E-state index >= 15 is 0 Å². The van der Waals surface area contributed by atoms with Crippen molar-refractivity contribution < 1.29 is 16.8 Å². The third-order valence-corrected chi connectivity index (χ3v) is 4.22. The highest BCUT2D eigenvalue weighted by molar-refractivity contribution is 7.81. The summed E-state index contributed by atoms with van der Waals surface area (Å²) < 4.78 is 31.3. The molecule has 5 heteroatoms. The van der Waals surface area contributed by atoms with Crippen molar-refractivity contribution in [3.63, 3.8) is 0 Å². The van der Waals surface area contributed by atoms with Crippen molar-refractivity contribution in [2.45, 2.75) is 84.5 Å². The standard InChI is InChI=1S/C15H32O4S/c1-3-5-6-7-8-9-10-11-12-13-14-15-19-20(16,17)18-4-2/h3-15H2,1-2H3. The Labute approximate surface area is 125 Å². The molecule has 0 fully saturated rings. The lowest BCUT2D eigenvalue weighted by Crippen LogP contribution is -2.10. The van der Waals surface area contributed by atoms with E-state index < -0.39 is 10.4 Å². The molecular formula is C15H32O4S. The predicted molar refractivity (Wildman–Crippen MR) is 83.0 cm³/mol. The lowest BCUT2D eigenvalue weighted by Gasteiger charge is -2.04. The van der Waals surface area contributed by atoms with Gasteiger partial charge in [-0.05, 0) is 13.3 Å². The van der Waals surface area contributed by atoms with Gasteiger partial charge in [-0.15, -0.1) is 0 Å². The minimum absolute atomic E-state index is 0.126. The number of hydrogen-bond acceptors (Lipinski definition) is 4. The van der Waals surface area contributed by atoms with E-state index in [1.54, 1.807) is 6.92 Å². The average molecular weight is 308 g/mol. The lowest BCUT2D eigenvalue weighted by molar-refractivity contribution is 0.218. The Morgan fingerprint density at radius 2 is 1.10 bits per heavy atom. The van der Waals surface area contributed by atoms with Crippen LogP contribution in [0.15, 0.2) is 0 Å². The van der Waals surface area contributed by atoms with Gasteiger partial charge in [0.1, 0.15) is 0 Å². The Balaban J connectivity index is 3.17. The molecule has 0 saturated heterocycles. The Bertz CT molecular complexity index is 288. The zero-order valence-corrected chi connectivity index (χ0v) is 14.1. The quantitative estimate of drug-likeness (QED) is 0.415. The molecule has 122 valence electrons. The molecule has 0 atom stereocenters. The van der Waals surface area contributed by atoms with Crippen LogP contribution in [0.4, 0.5) is 0 Å². The van der Waals surface area contributed by atoms with Crippen LogP contribution in [0.5, 0.6) is 0 Å². The largest absolute Gasteiger partial charge is 0.399 e. The Morgan fingerprint density at radius 1 is 0.650 bits per heavy atom. The van der Waals surface area contributed by atoms with Gasteiger partial charge in [-0.25, -0.2) is 8.37 Å². The fourth-order valence-electron chi connectivity index (χ4n) is 2.11. The summed E-state index contributed by atoms with van der Waals surface area (Å²) in [5, 5.41) is 0. The van der Waals surface area contributed by atoms with Gasteiger partial charge in [0.25, 0.3) is 0 Å². The number of rotatable bonds is 15.